The van der Waals surface area contributed by atoms with E-state index < -0.39 is 0 Å². The van der Waals surface area contributed by atoms with Gasteiger partial charge in [0.05, 0.1) is 23.4 Å². The molecule has 40 heavy (non-hydrogen) atoms. The van der Waals surface area contributed by atoms with E-state index >= 15 is 0 Å². The van der Waals surface area contributed by atoms with Gasteiger partial charge in [-0.05, 0) is 66.8 Å². The zero-order valence-corrected chi connectivity index (χ0v) is 22.4. The first-order valence-corrected chi connectivity index (χ1v) is 13.7. The highest BCUT2D eigenvalue weighted by Crippen LogP contribution is 2.39. The van der Waals surface area contributed by atoms with Crippen molar-refractivity contribution in [3.05, 3.63) is 78.1 Å². The van der Waals surface area contributed by atoms with Crippen LogP contribution in [-0.4, -0.2) is 46.3 Å². The Labute approximate surface area is 232 Å². The van der Waals surface area contributed by atoms with E-state index in [2.05, 4.69) is 32.4 Å². The highest BCUT2D eigenvalue weighted by atomic mass is 16.5. The molecule has 8 heteroatoms. The topological polar surface area (TPSA) is 109 Å². The smallest absolute Gasteiger partial charge is 0.255 e. The number of aromatic amines is 1. The van der Waals surface area contributed by atoms with E-state index in [0.29, 0.717) is 58.1 Å². The van der Waals surface area contributed by atoms with Gasteiger partial charge in [-0.2, -0.15) is 0 Å². The number of nitrogens with one attached hydrogen (secondary N) is 2. The Kier molecular flexibility index (Phi) is 7.33. The largest absolute Gasteiger partial charge is 0.494 e. The van der Waals surface area contributed by atoms with Gasteiger partial charge in [0, 0.05) is 40.7 Å². The monoisotopic (exact) mass is 536 g/mol. The molecule has 1 fully saturated rings. The van der Waals surface area contributed by atoms with Crippen LogP contribution in [0.25, 0.3) is 33.1 Å². The molecule has 5 aromatic rings. The van der Waals surface area contributed by atoms with Crippen molar-refractivity contribution in [3.8, 4) is 22.9 Å². The molecular weight excluding hydrogens is 504 g/mol. The van der Waals surface area contributed by atoms with Crippen molar-refractivity contribution in [2.75, 3.05) is 25.6 Å². The summed E-state index contributed by atoms with van der Waals surface area (Å²) < 4.78 is 10.8. The van der Waals surface area contributed by atoms with Crippen LogP contribution < -0.4 is 10.1 Å². The quantitative estimate of drug-likeness (QED) is 0.188. The molecule has 0 aliphatic heterocycles. The predicted octanol–water partition coefficient (Wildman–Crippen LogP) is 6.81. The Balaban J connectivity index is 1.28. The Bertz CT molecular complexity index is 1660. The SMILES string of the molecule is COCCOc1ccc2c(-c3c(O)[nH]c4ccc(C(=O)Nc5ccc(C6CCCCC6)cc5)cc34)ncnc2c1. The zero-order valence-electron chi connectivity index (χ0n) is 22.4. The number of benzene rings is 3. The second kappa shape index (κ2) is 11.4. The van der Waals surface area contributed by atoms with Crippen molar-refractivity contribution < 1.29 is 19.4 Å². The summed E-state index contributed by atoms with van der Waals surface area (Å²) in [7, 11) is 1.63. The molecule has 204 valence electrons. The van der Waals surface area contributed by atoms with Gasteiger partial charge in [0.25, 0.3) is 5.91 Å². The third-order valence-electron chi connectivity index (χ3n) is 7.69. The first-order chi connectivity index (χ1) is 19.6. The molecule has 1 aliphatic rings. The number of H-pyrrole nitrogens is 1. The van der Waals surface area contributed by atoms with E-state index in [-0.39, 0.29) is 11.8 Å². The van der Waals surface area contributed by atoms with Gasteiger partial charge in [-0.25, -0.2) is 9.97 Å². The number of rotatable bonds is 8. The van der Waals surface area contributed by atoms with Gasteiger partial charge >= 0.3 is 0 Å². The fourth-order valence-corrected chi connectivity index (χ4v) is 5.61. The van der Waals surface area contributed by atoms with Crippen LogP contribution >= 0.6 is 0 Å². The molecule has 0 unspecified atom stereocenters. The number of methoxy groups -OCH3 is 1. The Morgan fingerprint density at radius 2 is 1.80 bits per heavy atom. The second-order valence-corrected chi connectivity index (χ2v) is 10.3. The lowest BCUT2D eigenvalue weighted by atomic mass is 9.84. The Morgan fingerprint density at radius 3 is 2.60 bits per heavy atom. The minimum atomic E-state index is -0.218. The summed E-state index contributed by atoms with van der Waals surface area (Å²) >= 11 is 0. The van der Waals surface area contributed by atoms with Crippen LogP contribution in [0, 0.1) is 0 Å². The molecule has 3 aromatic carbocycles. The number of hydrogen-bond donors (Lipinski definition) is 3. The van der Waals surface area contributed by atoms with Crippen LogP contribution in [0.15, 0.2) is 67.0 Å². The number of nitrogens with zero attached hydrogens (tertiary/aromatic N) is 2. The van der Waals surface area contributed by atoms with Crippen LogP contribution in [0.5, 0.6) is 11.6 Å². The number of anilines is 1. The maximum absolute atomic E-state index is 13.2. The lowest BCUT2D eigenvalue weighted by Gasteiger charge is -2.22. The fourth-order valence-electron chi connectivity index (χ4n) is 5.61. The van der Waals surface area contributed by atoms with Crippen molar-refractivity contribution in [1.82, 2.24) is 15.0 Å². The molecule has 2 heterocycles. The fraction of sp³-hybridized carbons (Fsp3) is 0.281. The average molecular weight is 537 g/mol. The maximum atomic E-state index is 13.2. The van der Waals surface area contributed by atoms with Gasteiger partial charge in [-0.3, -0.25) is 4.79 Å². The zero-order chi connectivity index (χ0) is 27.5. The minimum absolute atomic E-state index is 0.0220. The van der Waals surface area contributed by atoms with Crippen molar-refractivity contribution >= 4 is 33.4 Å². The van der Waals surface area contributed by atoms with Gasteiger partial charge in [0.15, 0.2) is 5.88 Å². The molecule has 1 aliphatic carbocycles. The average Bonchev–Trinajstić information content (AvgIpc) is 3.32. The molecule has 2 aromatic heterocycles. The van der Waals surface area contributed by atoms with Crippen LogP contribution in [-0.2, 0) is 4.74 Å². The number of aromatic hydroxyl groups is 1. The molecule has 3 N–H and O–H groups in total. The third-order valence-corrected chi connectivity index (χ3v) is 7.69. The lowest BCUT2D eigenvalue weighted by Crippen LogP contribution is -2.12. The summed E-state index contributed by atoms with van der Waals surface area (Å²) in [4.78, 5) is 25.1. The normalized spacial score (nSPS) is 14.0. The summed E-state index contributed by atoms with van der Waals surface area (Å²) in [5, 5.41) is 15.4. The number of ether oxygens (including phenoxy) is 2. The van der Waals surface area contributed by atoms with Crippen LogP contribution in [0.4, 0.5) is 5.69 Å². The number of fused-ring (bicyclic) bond motifs is 2. The lowest BCUT2D eigenvalue weighted by molar-refractivity contribution is 0.102. The van der Waals surface area contributed by atoms with E-state index in [9.17, 15) is 9.90 Å². The summed E-state index contributed by atoms with van der Waals surface area (Å²) in [6, 6.07) is 19.1. The molecule has 1 saturated carbocycles. The molecule has 0 spiro atoms. The van der Waals surface area contributed by atoms with E-state index in [1.54, 1.807) is 25.3 Å². The molecule has 1 amide bonds. The molecule has 0 radical (unpaired) electrons. The predicted molar refractivity (Wildman–Crippen MR) is 156 cm³/mol. The van der Waals surface area contributed by atoms with Crippen molar-refractivity contribution in [3.63, 3.8) is 0 Å². The highest BCUT2D eigenvalue weighted by Gasteiger charge is 2.20. The van der Waals surface area contributed by atoms with Crippen molar-refractivity contribution in [2.24, 2.45) is 0 Å². The van der Waals surface area contributed by atoms with E-state index in [0.717, 1.165) is 11.1 Å². The summed E-state index contributed by atoms with van der Waals surface area (Å²) in [6.07, 6.45) is 7.84. The Hall–Kier alpha value is -4.43. The van der Waals surface area contributed by atoms with Gasteiger partial charge in [0.2, 0.25) is 0 Å². The molecule has 0 bridgehead atoms. The van der Waals surface area contributed by atoms with Gasteiger partial charge in [-0.15, -0.1) is 0 Å². The molecular formula is C32H32N4O4. The van der Waals surface area contributed by atoms with Gasteiger partial charge < -0.3 is 24.9 Å². The molecule has 8 nitrogen and oxygen atoms in total. The first kappa shape index (κ1) is 25.8. The van der Waals surface area contributed by atoms with E-state index in [1.807, 2.05) is 30.3 Å². The number of hydrogen-bond acceptors (Lipinski definition) is 6. The van der Waals surface area contributed by atoms with Crippen LogP contribution in [0.2, 0.25) is 0 Å². The van der Waals surface area contributed by atoms with Crippen LogP contribution in [0.3, 0.4) is 0 Å². The van der Waals surface area contributed by atoms with Crippen molar-refractivity contribution in [1.29, 1.82) is 0 Å². The number of carbonyl (C=O) groups is 1. The summed E-state index contributed by atoms with van der Waals surface area (Å²) in [5.41, 5.74) is 5.04. The van der Waals surface area contributed by atoms with Crippen molar-refractivity contribution in [2.45, 2.75) is 38.0 Å². The number of amides is 1. The van der Waals surface area contributed by atoms with Gasteiger partial charge in [0.1, 0.15) is 18.7 Å². The summed E-state index contributed by atoms with van der Waals surface area (Å²) in [5.74, 6) is 1.05. The molecule has 0 saturated heterocycles. The van der Waals surface area contributed by atoms with E-state index in [4.69, 9.17) is 9.47 Å². The minimum Gasteiger partial charge on any atom is -0.494 e. The molecule has 0 atom stereocenters. The standard InChI is InChI=1S/C32H32N4O4/c1-39-15-16-40-24-12-13-25-28(18-24)33-19-34-30(25)29-26-17-22(9-14-27(26)36-32(29)38)31(37)35-23-10-7-21(8-11-23)20-5-3-2-4-6-20/h7-14,17-20,36,38H,2-6,15-16H2,1H3,(H,35,37). The van der Waals surface area contributed by atoms with Gasteiger partial charge in [-0.1, -0.05) is 31.4 Å². The summed E-state index contributed by atoms with van der Waals surface area (Å²) in [6.45, 7) is 0.913. The maximum Gasteiger partial charge on any atom is 0.255 e. The number of carbonyl (C=O) groups excluding carboxylic acids is 1. The third kappa shape index (κ3) is 5.22. The van der Waals surface area contributed by atoms with E-state index in [1.165, 1.54) is 44.0 Å². The molecule has 6 rings (SSSR count). The Morgan fingerprint density at radius 1 is 0.975 bits per heavy atom. The first-order valence-electron chi connectivity index (χ1n) is 13.7. The number of aromatic nitrogens is 3. The highest BCUT2D eigenvalue weighted by molar-refractivity contribution is 6.10. The van der Waals surface area contributed by atoms with Crippen LogP contribution in [0.1, 0.15) is 53.9 Å². The second-order valence-electron chi connectivity index (χ2n) is 10.3.